The van der Waals surface area contributed by atoms with E-state index < -0.39 is 5.82 Å². The largest absolute Gasteiger partial charge is 0.360 e. The summed E-state index contributed by atoms with van der Waals surface area (Å²) in [5, 5.41) is 7.69. The van der Waals surface area contributed by atoms with Gasteiger partial charge in [-0.05, 0) is 38.3 Å². The summed E-state index contributed by atoms with van der Waals surface area (Å²) in [6.07, 6.45) is 3.15. The number of hydrogen-bond acceptors (Lipinski definition) is 4. The van der Waals surface area contributed by atoms with E-state index in [2.05, 4.69) is 10.5 Å². The number of amides is 1. The molecule has 2 saturated heterocycles. The van der Waals surface area contributed by atoms with Crippen molar-refractivity contribution in [3.63, 3.8) is 0 Å². The first-order valence-corrected chi connectivity index (χ1v) is 8.88. The van der Waals surface area contributed by atoms with E-state index in [1.54, 1.807) is 13.0 Å². The van der Waals surface area contributed by atoms with Crippen LogP contribution in [-0.2, 0) is 0 Å². The zero-order chi connectivity index (χ0) is 17.6. The Morgan fingerprint density at radius 2 is 2.12 bits per heavy atom. The Kier molecular flexibility index (Phi) is 5.55. The maximum Gasteiger partial charge on any atom is 0.259 e. The summed E-state index contributed by atoms with van der Waals surface area (Å²) in [6.45, 7) is 2.98. The SMILES string of the molecule is Cc1onc(-c2c(F)cccc2Cl)c1C(=O)N1CCC2CCC(C1)N2.Cl. The number of likely N-dealkylation sites (tertiary alicyclic amines) is 1. The van der Waals surface area contributed by atoms with Crippen molar-refractivity contribution < 1.29 is 13.7 Å². The van der Waals surface area contributed by atoms with Gasteiger partial charge in [-0.2, -0.15) is 0 Å². The molecule has 140 valence electrons. The molecule has 1 aromatic heterocycles. The molecule has 2 bridgehead atoms. The summed E-state index contributed by atoms with van der Waals surface area (Å²) in [6, 6.07) is 5.19. The van der Waals surface area contributed by atoms with Crippen molar-refractivity contribution in [3.05, 3.63) is 40.4 Å². The molecule has 0 aliphatic carbocycles. The van der Waals surface area contributed by atoms with Crippen LogP contribution in [-0.4, -0.2) is 41.1 Å². The van der Waals surface area contributed by atoms with Gasteiger partial charge in [0.2, 0.25) is 0 Å². The second kappa shape index (κ2) is 7.55. The third kappa shape index (κ3) is 3.33. The zero-order valence-electron chi connectivity index (χ0n) is 14.3. The van der Waals surface area contributed by atoms with E-state index >= 15 is 0 Å². The van der Waals surface area contributed by atoms with Gasteiger partial charge in [-0.3, -0.25) is 4.79 Å². The normalized spacial score (nSPS) is 22.0. The lowest BCUT2D eigenvalue weighted by Gasteiger charge is -2.24. The molecule has 0 radical (unpaired) electrons. The maximum atomic E-state index is 14.3. The number of rotatable bonds is 2. The number of hydrogen-bond donors (Lipinski definition) is 1. The molecular weight excluding hydrogens is 380 g/mol. The van der Waals surface area contributed by atoms with E-state index in [4.69, 9.17) is 16.1 Å². The average Bonchev–Trinajstić information content (AvgIpc) is 3.09. The van der Waals surface area contributed by atoms with Crippen molar-refractivity contribution in [2.45, 2.75) is 38.3 Å². The first-order valence-electron chi connectivity index (χ1n) is 8.50. The van der Waals surface area contributed by atoms with Gasteiger partial charge >= 0.3 is 0 Å². The van der Waals surface area contributed by atoms with Crippen molar-refractivity contribution in [2.75, 3.05) is 13.1 Å². The van der Waals surface area contributed by atoms with Crippen molar-refractivity contribution in [2.24, 2.45) is 0 Å². The number of nitrogens with one attached hydrogen (secondary N) is 1. The van der Waals surface area contributed by atoms with E-state index in [0.29, 0.717) is 36.5 Å². The minimum Gasteiger partial charge on any atom is -0.360 e. The van der Waals surface area contributed by atoms with Gasteiger partial charge in [0.1, 0.15) is 22.8 Å². The van der Waals surface area contributed by atoms with Crippen LogP contribution in [0.1, 0.15) is 35.4 Å². The lowest BCUT2D eigenvalue weighted by molar-refractivity contribution is 0.0747. The molecule has 1 N–H and O–H groups in total. The number of carbonyl (C=O) groups is 1. The van der Waals surface area contributed by atoms with Crippen LogP contribution in [0.2, 0.25) is 5.02 Å². The third-order valence-corrected chi connectivity index (χ3v) is 5.40. The van der Waals surface area contributed by atoms with Gasteiger partial charge in [-0.15, -0.1) is 12.4 Å². The van der Waals surface area contributed by atoms with Gasteiger partial charge in [-0.25, -0.2) is 4.39 Å². The molecule has 0 saturated carbocycles. The molecular formula is C18H20Cl2FN3O2. The van der Waals surface area contributed by atoms with Gasteiger partial charge < -0.3 is 14.7 Å². The number of aryl methyl sites for hydroxylation is 1. The Labute approximate surface area is 162 Å². The van der Waals surface area contributed by atoms with E-state index in [1.165, 1.54) is 12.1 Å². The molecule has 0 spiro atoms. The molecule has 2 aromatic rings. The molecule has 2 atom stereocenters. The van der Waals surface area contributed by atoms with Gasteiger partial charge in [0.25, 0.3) is 5.91 Å². The minimum absolute atomic E-state index is 0. The molecule has 1 aromatic carbocycles. The van der Waals surface area contributed by atoms with Gasteiger partial charge in [0, 0.05) is 25.2 Å². The lowest BCUT2D eigenvalue weighted by Crippen LogP contribution is -2.39. The molecule has 26 heavy (non-hydrogen) atoms. The molecule has 3 heterocycles. The number of aromatic nitrogens is 1. The van der Waals surface area contributed by atoms with Gasteiger partial charge in [0.15, 0.2) is 0 Å². The Morgan fingerprint density at radius 3 is 2.88 bits per heavy atom. The first-order chi connectivity index (χ1) is 12.0. The quantitative estimate of drug-likeness (QED) is 0.833. The fourth-order valence-corrected chi connectivity index (χ4v) is 4.06. The number of benzene rings is 1. The fourth-order valence-electron chi connectivity index (χ4n) is 3.80. The maximum absolute atomic E-state index is 14.3. The predicted octanol–water partition coefficient (Wildman–Crippen LogP) is 3.83. The summed E-state index contributed by atoms with van der Waals surface area (Å²) < 4.78 is 19.5. The molecule has 2 fully saturated rings. The van der Waals surface area contributed by atoms with Crippen LogP contribution >= 0.6 is 24.0 Å². The number of halogens is 3. The summed E-state index contributed by atoms with van der Waals surface area (Å²) in [5.41, 5.74) is 0.580. The number of fused-ring (bicyclic) bond motifs is 2. The van der Waals surface area contributed by atoms with Crippen LogP contribution in [0, 0.1) is 12.7 Å². The van der Waals surface area contributed by atoms with Crippen molar-refractivity contribution in [3.8, 4) is 11.3 Å². The molecule has 5 nitrogen and oxygen atoms in total. The second-order valence-corrected chi connectivity index (χ2v) is 7.14. The Bertz CT molecular complexity index is 807. The van der Waals surface area contributed by atoms with Crippen LogP contribution in [0.3, 0.4) is 0 Å². The highest BCUT2D eigenvalue weighted by Crippen LogP contribution is 2.34. The number of nitrogens with zero attached hydrogens (tertiary/aromatic N) is 2. The molecule has 4 rings (SSSR count). The monoisotopic (exact) mass is 399 g/mol. The van der Waals surface area contributed by atoms with Crippen LogP contribution in [0.15, 0.2) is 22.7 Å². The van der Waals surface area contributed by atoms with E-state index in [0.717, 1.165) is 19.3 Å². The Hall–Kier alpha value is -1.63. The highest BCUT2D eigenvalue weighted by molar-refractivity contribution is 6.33. The Morgan fingerprint density at radius 1 is 1.35 bits per heavy atom. The van der Waals surface area contributed by atoms with Gasteiger partial charge in [0.05, 0.1) is 10.6 Å². The van der Waals surface area contributed by atoms with E-state index in [-0.39, 0.29) is 34.6 Å². The lowest BCUT2D eigenvalue weighted by atomic mass is 10.0. The van der Waals surface area contributed by atoms with Crippen LogP contribution in [0.4, 0.5) is 4.39 Å². The van der Waals surface area contributed by atoms with Crippen molar-refractivity contribution >= 4 is 29.9 Å². The highest BCUT2D eigenvalue weighted by atomic mass is 35.5. The summed E-state index contributed by atoms with van der Waals surface area (Å²) >= 11 is 6.16. The molecule has 8 heteroatoms. The topological polar surface area (TPSA) is 58.4 Å². The summed E-state index contributed by atoms with van der Waals surface area (Å²) in [7, 11) is 0. The fraction of sp³-hybridized carbons (Fsp3) is 0.444. The predicted molar refractivity (Wildman–Crippen MR) is 99.4 cm³/mol. The van der Waals surface area contributed by atoms with E-state index in [1.807, 2.05) is 4.90 Å². The Balaban J connectivity index is 0.00000196. The van der Waals surface area contributed by atoms with Crippen LogP contribution in [0.25, 0.3) is 11.3 Å². The van der Waals surface area contributed by atoms with Crippen LogP contribution in [0.5, 0.6) is 0 Å². The summed E-state index contributed by atoms with van der Waals surface area (Å²) in [4.78, 5) is 15.0. The molecule has 2 aliphatic rings. The summed E-state index contributed by atoms with van der Waals surface area (Å²) in [5.74, 6) is -0.324. The van der Waals surface area contributed by atoms with Crippen LogP contribution < -0.4 is 5.32 Å². The van der Waals surface area contributed by atoms with Gasteiger partial charge in [-0.1, -0.05) is 22.8 Å². The van der Waals surface area contributed by atoms with E-state index in [9.17, 15) is 9.18 Å². The highest BCUT2D eigenvalue weighted by Gasteiger charge is 2.34. The van der Waals surface area contributed by atoms with Crippen molar-refractivity contribution in [1.29, 1.82) is 0 Å². The first kappa shape index (κ1) is 19.1. The molecule has 1 amide bonds. The van der Waals surface area contributed by atoms with Crippen molar-refractivity contribution in [1.82, 2.24) is 15.4 Å². The molecule has 2 unspecified atom stereocenters. The molecule has 2 aliphatic heterocycles. The average molecular weight is 400 g/mol. The zero-order valence-corrected chi connectivity index (χ0v) is 15.9. The standard InChI is InChI=1S/C18H19ClFN3O2.ClH/c1-10-15(17(22-25-10)16-13(19)3-2-4-14(16)20)18(24)23-8-7-11-5-6-12(9-23)21-11;/h2-4,11-12,21H,5-9H2,1H3;1H. The second-order valence-electron chi connectivity index (χ2n) is 6.74. The minimum atomic E-state index is -0.522. The smallest absolute Gasteiger partial charge is 0.259 e. The number of carbonyl (C=O) groups excluding carboxylic acids is 1. The third-order valence-electron chi connectivity index (χ3n) is 5.09.